The van der Waals surface area contributed by atoms with Gasteiger partial charge in [-0.3, -0.25) is 0 Å². The van der Waals surface area contributed by atoms with Crippen LogP contribution < -0.4 is 10.6 Å². The maximum absolute atomic E-state index is 8.92. The van der Waals surface area contributed by atoms with Crippen molar-refractivity contribution in [1.29, 1.82) is 5.26 Å². The van der Waals surface area contributed by atoms with Crippen molar-refractivity contribution in [3.8, 4) is 6.07 Å². The van der Waals surface area contributed by atoms with E-state index in [1.165, 1.54) is 0 Å². The lowest BCUT2D eigenvalue weighted by Gasteiger charge is -2.32. The number of nitrogens with two attached hydrogens (primary N) is 1. The van der Waals surface area contributed by atoms with Gasteiger partial charge in [0.15, 0.2) is 0 Å². The molecule has 1 atom stereocenters. The van der Waals surface area contributed by atoms with Crippen molar-refractivity contribution < 1.29 is 0 Å². The summed E-state index contributed by atoms with van der Waals surface area (Å²) >= 11 is 3.43. The van der Waals surface area contributed by atoms with Crippen molar-refractivity contribution in [2.24, 2.45) is 5.73 Å². The molecule has 0 aromatic heterocycles. The predicted octanol–water partition coefficient (Wildman–Crippen LogP) is 2.25. The standard InChI is InChI=1S/C12H14BrN3/c13-10-4-9(7-14)5-12(6-10)16-3-1-2-11(15)8-16/h4-6,11H,1-3,8,15H2/t11-/m1/s1. The molecule has 0 radical (unpaired) electrons. The van der Waals surface area contributed by atoms with E-state index in [4.69, 9.17) is 11.0 Å². The summed E-state index contributed by atoms with van der Waals surface area (Å²) in [4.78, 5) is 2.25. The van der Waals surface area contributed by atoms with Gasteiger partial charge in [0.1, 0.15) is 0 Å². The molecule has 1 aliphatic rings. The summed E-state index contributed by atoms with van der Waals surface area (Å²) in [5.41, 5.74) is 7.72. The summed E-state index contributed by atoms with van der Waals surface area (Å²) in [6, 6.07) is 8.21. The smallest absolute Gasteiger partial charge is 0.0992 e. The van der Waals surface area contributed by atoms with E-state index in [0.29, 0.717) is 5.56 Å². The van der Waals surface area contributed by atoms with Gasteiger partial charge < -0.3 is 10.6 Å². The molecule has 4 heteroatoms. The largest absolute Gasteiger partial charge is 0.370 e. The summed E-state index contributed by atoms with van der Waals surface area (Å²) in [7, 11) is 0. The van der Waals surface area contributed by atoms with Crippen LogP contribution in [-0.2, 0) is 0 Å². The van der Waals surface area contributed by atoms with Gasteiger partial charge in [0.25, 0.3) is 0 Å². The van der Waals surface area contributed by atoms with Crippen LogP contribution in [0.5, 0.6) is 0 Å². The molecule has 1 aromatic carbocycles. The molecule has 2 rings (SSSR count). The molecular weight excluding hydrogens is 266 g/mol. The van der Waals surface area contributed by atoms with Crippen molar-refractivity contribution in [1.82, 2.24) is 0 Å². The maximum atomic E-state index is 8.92. The fourth-order valence-electron chi connectivity index (χ4n) is 2.07. The Labute approximate surface area is 104 Å². The van der Waals surface area contributed by atoms with E-state index in [-0.39, 0.29) is 6.04 Å². The molecule has 1 saturated heterocycles. The molecule has 1 aliphatic heterocycles. The average Bonchev–Trinajstić information content (AvgIpc) is 2.28. The molecule has 0 spiro atoms. The number of halogens is 1. The highest BCUT2D eigenvalue weighted by molar-refractivity contribution is 9.10. The van der Waals surface area contributed by atoms with Crippen LogP contribution in [-0.4, -0.2) is 19.1 Å². The summed E-state index contributed by atoms with van der Waals surface area (Å²) < 4.78 is 0.945. The molecule has 0 amide bonds. The van der Waals surface area contributed by atoms with Crippen molar-refractivity contribution in [2.75, 3.05) is 18.0 Å². The van der Waals surface area contributed by atoms with Crippen LogP contribution in [0.4, 0.5) is 5.69 Å². The SMILES string of the molecule is N#Cc1cc(Br)cc(N2CCC[C@@H](N)C2)c1. The molecule has 1 fully saturated rings. The van der Waals surface area contributed by atoms with Gasteiger partial charge in [-0.05, 0) is 31.0 Å². The topological polar surface area (TPSA) is 53.0 Å². The molecule has 3 nitrogen and oxygen atoms in total. The molecule has 16 heavy (non-hydrogen) atoms. The van der Waals surface area contributed by atoms with Crippen LogP contribution in [0.2, 0.25) is 0 Å². The fraction of sp³-hybridized carbons (Fsp3) is 0.417. The lowest BCUT2D eigenvalue weighted by molar-refractivity contribution is 0.506. The Bertz CT molecular complexity index is 425. The number of hydrogen-bond acceptors (Lipinski definition) is 3. The van der Waals surface area contributed by atoms with E-state index in [1.807, 2.05) is 18.2 Å². The van der Waals surface area contributed by atoms with Crippen LogP contribution in [0.25, 0.3) is 0 Å². The monoisotopic (exact) mass is 279 g/mol. The minimum Gasteiger partial charge on any atom is -0.370 e. The lowest BCUT2D eigenvalue weighted by atomic mass is 10.1. The van der Waals surface area contributed by atoms with E-state index in [0.717, 1.165) is 36.1 Å². The molecular formula is C12H14BrN3. The molecule has 1 aromatic rings. The first kappa shape index (κ1) is 11.4. The van der Waals surface area contributed by atoms with Crippen LogP contribution in [0.3, 0.4) is 0 Å². The first-order chi connectivity index (χ1) is 7.69. The number of benzene rings is 1. The van der Waals surface area contributed by atoms with Gasteiger partial charge in [0, 0.05) is 29.3 Å². The number of nitriles is 1. The summed E-state index contributed by atoms with van der Waals surface area (Å²) in [5, 5.41) is 8.92. The van der Waals surface area contributed by atoms with Crippen molar-refractivity contribution >= 4 is 21.6 Å². The first-order valence-corrected chi connectivity index (χ1v) is 6.19. The van der Waals surface area contributed by atoms with E-state index in [9.17, 15) is 0 Å². The second-order valence-electron chi connectivity index (χ2n) is 4.16. The molecule has 0 unspecified atom stereocenters. The number of anilines is 1. The molecule has 1 heterocycles. The maximum Gasteiger partial charge on any atom is 0.0992 e. The second-order valence-corrected chi connectivity index (χ2v) is 5.07. The quantitative estimate of drug-likeness (QED) is 0.858. The number of nitrogens with zero attached hydrogens (tertiary/aromatic N) is 2. The zero-order valence-electron chi connectivity index (χ0n) is 8.99. The van der Waals surface area contributed by atoms with Crippen molar-refractivity contribution in [2.45, 2.75) is 18.9 Å². The normalized spacial score (nSPS) is 20.6. The highest BCUT2D eigenvalue weighted by Gasteiger charge is 2.17. The van der Waals surface area contributed by atoms with Gasteiger partial charge in [-0.25, -0.2) is 0 Å². The Hall–Kier alpha value is -1.05. The first-order valence-electron chi connectivity index (χ1n) is 5.40. The molecule has 0 aliphatic carbocycles. The van der Waals surface area contributed by atoms with Crippen LogP contribution in [0.15, 0.2) is 22.7 Å². The third-order valence-electron chi connectivity index (χ3n) is 2.83. The summed E-state index contributed by atoms with van der Waals surface area (Å²) in [6.07, 6.45) is 2.21. The van der Waals surface area contributed by atoms with Crippen LogP contribution in [0.1, 0.15) is 18.4 Å². The summed E-state index contributed by atoms with van der Waals surface area (Å²) in [6.45, 7) is 1.90. The van der Waals surface area contributed by atoms with E-state index < -0.39 is 0 Å². The van der Waals surface area contributed by atoms with Gasteiger partial charge in [-0.1, -0.05) is 15.9 Å². The Balaban J connectivity index is 2.26. The average molecular weight is 280 g/mol. The van der Waals surface area contributed by atoms with Gasteiger partial charge in [-0.2, -0.15) is 5.26 Å². The Kier molecular flexibility index (Phi) is 3.47. The van der Waals surface area contributed by atoms with E-state index in [2.05, 4.69) is 26.9 Å². The minimum absolute atomic E-state index is 0.248. The third kappa shape index (κ3) is 2.55. The zero-order valence-corrected chi connectivity index (χ0v) is 10.6. The number of rotatable bonds is 1. The Morgan fingerprint density at radius 2 is 2.25 bits per heavy atom. The Morgan fingerprint density at radius 3 is 2.94 bits per heavy atom. The fourth-order valence-corrected chi connectivity index (χ4v) is 2.55. The number of piperidine rings is 1. The molecule has 0 saturated carbocycles. The van der Waals surface area contributed by atoms with Gasteiger partial charge in [0.05, 0.1) is 11.6 Å². The van der Waals surface area contributed by atoms with Crippen molar-refractivity contribution in [3.63, 3.8) is 0 Å². The number of hydrogen-bond donors (Lipinski definition) is 1. The predicted molar refractivity (Wildman–Crippen MR) is 68.3 cm³/mol. The Morgan fingerprint density at radius 1 is 1.44 bits per heavy atom. The van der Waals surface area contributed by atoms with Gasteiger partial charge in [-0.15, -0.1) is 0 Å². The van der Waals surface area contributed by atoms with Gasteiger partial charge in [0.2, 0.25) is 0 Å². The van der Waals surface area contributed by atoms with Crippen molar-refractivity contribution in [3.05, 3.63) is 28.2 Å². The van der Waals surface area contributed by atoms with Crippen LogP contribution >= 0.6 is 15.9 Å². The highest BCUT2D eigenvalue weighted by atomic mass is 79.9. The molecule has 84 valence electrons. The lowest BCUT2D eigenvalue weighted by Crippen LogP contribution is -2.42. The van der Waals surface area contributed by atoms with E-state index >= 15 is 0 Å². The molecule has 2 N–H and O–H groups in total. The second kappa shape index (κ2) is 4.86. The van der Waals surface area contributed by atoms with Crippen LogP contribution in [0, 0.1) is 11.3 Å². The minimum atomic E-state index is 0.248. The molecule has 0 bridgehead atoms. The summed E-state index contributed by atoms with van der Waals surface area (Å²) in [5.74, 6) is 0. The highest BCUT2D eigenvalue weighted by Crippen LogP contribution is 2.25. The zero-order chi connectivity index (χ0) is 11.5. The third-order valence-corrected chi connectivity index (χ3v) is 3.29. The van der Waals surface area contributed by atoms with Gasteiger partial charge >= 0.3 is 0 Å². The van der Waals surface area contributed by atoms with E-state index in [1.54, 1.807) is 0 Å².